The number of benzene rings is 1. The van der Waals surface area contributed by atoms with Crippen molar-refractivity contribution in [2.45, 2.75) is 59.5 Å². The van der Waals surface area contributed by atoms with Crippen LogP contribution in [0.15, 0.2) is 34.8 Å². The van der Waals surface area contributed by atoms with E-state index in [1.165, 1.54) is 13.8 Å². The molecule has 10 nitrogen and oxygen atoms in total. The molecular formula is C26H35F2N3O7. The van der Waals surface area contributed by atoms with Gasteiger partial charge in [-0.2, -0.15) is 4.39 Å². The Morgan fingerprint density at radius 3 is 2.37 bits per heavy atom. The first kappa shape index (κ1) is 30.7. The van der Waals surface area contributed by atoms with Crippen LogP contribution in [0.2, 0.25) is 0 Å². The summed E-state index contributed by atoms with van der Waals surface area (Å²) in [5.41, 5.74) is 4.43. The highest BCUT2D eigenvalue weighted by Gasteiger charge is 2.43. The molecule has 0 radical (unpaired) electrons. The molecule has 0 saturated carbocycles. The van der Waals surface area contributed by atoms with Crippen molar-refractivity contribution in [3.63, 3.8) is 0 Å². The minimum atomic E-state index is -1.45. The first-order valence-electron chi connectivity index (χ1n) is 12.1. The number of dihydropyridines is 1. The van der Waals surface area contributed by atoms with Crippen molar-refractivity contribution in [1.29, 1.82) is 0 Å². The maximum atomic E-state index is 14.6. The molecule has 1 aromatic carbocycles. The Morgan fingerprint density at radius 2 is 1.84 bits per heavy atom. The predicted molar refractivity (Wildman–Crippen MR) is 134 cm³/mol. The van der Waals surface area contributed by atoms with Crippen LogP contribution in [-0.2, 0) is 19.1 Å². The van der Waals surface area contributed by atoms with Crippen LogP contribution < -0.4 is 15.8 Å². The van der Waals surface area contributed by atoms with Crippen LogP contribution in [0.4, 0.5) is 8.78 Å². The zero-order chi connectivity index (χ0) is 28.9. The molecule has 0 bridgehead atoms. The first-order chi connectivity index (χ1) is 17.6. The van der Waals surface area contributed by atoms with Crippen molar-refractivity contribution in [2.24, 2.45) is 17.6 Å². The Bertz CT molecular complexity index is 1160. The molecule has 0 saturated heterocycles. The van der Waals surface area contributed by atoms with E-state index >= 15 is 0 Å². The number of nitrogens with zero attached hydrogens (tertiary/aromatic N) is 1. The second-order valence-corrected chi connectivity index (χ2v) is 10.3. The summed E-state index contributed by atoms with van der Waals surface area (Å²) in [4.78, 5) is 37.6. The Balaban J connectivity index is 2.51. The van der Waals surface area contributed by atoms with Gasteiger partial charge in [0, 0.05) is 11.3 Å². The molecule has 3 atom stereocenters. The van der Waals surface area contributed by atoms with Gasteiger partial charge in [0.1, 0.15) is 18.1 Å². The maximum absolute atomic E-state index is 14.6. The fraction of sp³-hybridized carbons (Fsp3) is 0.538. The molecule has 0 amide bonds. The van der Waals surface area contributed by atoms with E-state index in [-0.39, 0.29) is 48.0 Å². The minimum Gasteiger partial charge on any atom is -0.493 e. The molecule has 1 aromatic rings. The van der Waals surface area contributed by atoms with Crippen LogP contribution in [0.25, 0.3) is 0 Å². The van der Waals surface area contributed by atoms with Crippen molar-refractivity contribution < 1.29 is 37.5 Å². The van der Waals surface area contributed by atoms with E-state index < -0.39 is 57.4 Å². The number of esters is 2. The van der Waals surface area contributed by atoms with Crippen LogP contribution in [-0.4, -0.2) is 42.7 Å². The SMILES string of the molecule is COc1c(C2C(C(=O)OCC(CC(C)CN)C(=O)OC(C)(C)C)=C(C)NC(C)=C2[N+](=O)[O-])ccc(F)c1F. The molecule has 38 heavy (non-hydrogen) atoms. The first-order valence-corrected chi connectivity index (χ1v) is 12.1. The van der Waals surface area contributed by atoms with E-state index in [1.807, 2.05) is 6.92 Å². The Kier molecular flexibility index (Phi) is 9.96. The molecule has 1 heterocycles. The minimum absolute atomic E-state index is 0.0885. The van der Waals surface area contributed by atoms with Gasteiger partial charge in [-0.1, -0.05) is 13.0 Å². The standard InChI is InChI=1S/C26H35F2N3O7/c1-13(11-29)10-16(24(32)38-26(4,5)6)12-37-25(33)19-14(2)30-15(3)22(31(34)35)20(19)17-8-9-18(27)21(28)23(17)36-7/h8-9,13,16,20,30H,10-12,29H2,1-7H3. The molecule has 2 rings (SSSR count). The number of carbonyl (C=O) groups is 2. The van der Waals surface area contributed by atoms with E-state index in [0.29, 0.717) is 0 Å². The van der Waals surface area contributed by atoms with Gasteiger partial charge in [-0.15, -0.1) is 0 Å². The van der Waals surface area contributed by atoms with Gasteiger partial charge in [-0.3, -0.25) is 14.9 Å². The number of rotatable bonds is 10. The Labute approximate surface area is 220 Å². The number of hydrogen-bond donors (Lipinski definition) is 2. The van der Waals surface area contributed by atoms with Crippen molar-refractivity contribution in [1.82, 2.24) is 5.32 Å². The molecule has 210 valence electrons. The highest BCUT2D eigenvalue weighted by atomic mass is 19.2. The third-order valence-electron chi connectivity index (χ3n) is 5.98. The number of ether oxygens (including phenoxy) is 3. The molecule has 3 unspecified atom stereocenters. The number of carbonyl (C=O) groups excluding carboxylic acids is 2. The summed E-state index contributed by atoms with van der Waals surface area (Å²) in [6.45, 7) is 9.78. The van der Waals surface area contributed by atoms with Gasteiger partial charge in [0.15, 0.2) is 11.6 Å². The molecule has 0 aromatic heterocycles. The van der Waals surface area contributed by atoms with Crippen molar-refractivity contribution in [3.05, 3.63) is 62.1 Å². The number of hydrogen-bond acceptors (Lipinski definition) is 9. The lowest BCUT2D eigenvalue weighted by Gasteiger charge is -2.28. The number of nitro groups is 1. The van der Waals surface area contributed by atoms with Gasteiger partial charge in [-0.25, -0.2) is 9.18 Å². The molecule has 0 spiro atoms. The summed E-state index contributed by atoms with van der Waals surface area (Å²) in [5.74, 6) is -7.10. The van der Waals surface area contributed by atoms with Crippen LogP contribution in [0.1, 0.15) is 59.4 Å². The van der Waals surface area contributed by atoms with Crippen molar-refractivity contribution >= 4 is 11.9 Å². The number of allylic oxidation sites excluding steroid dienone is 3. The van der Waals surface area contributed by atoms with Gasteiger partial charge in [0.2, 0.25) is 5.82 Å². The molecule has 12 heteroatoms. The quantitative estimate of drug-likeness (QED) is 0.257. The molecule has 0 fully saturated rings. The number of methoxy groups -OCH3 is 1. The second kappa shape index (κ2) is 12.3. The van der Waals surface area contributed by atoms with Gasteiger partial charge >= 0.3 is 11.9 Å². The fourth-order valence-electron chi connectivity index (χ4n) is 4.23. The molecule has 1 aliphatic rings. The average molecular weight is 540 g/mol. The van der Waals surface area contributed by atoms with Crippen molar-refractivity contribution in [2.75, 3.05) is 20.3 Å². The third-order valence-corrected chi connectivity index (χ3v) is 5.98. The van der Waals surface area contributed by atoms with E-state index in [0.717, 1.165) is 19.2 Å². The summed E-state index contributed by atoms with van der Waals surface area (Å²) in [6.07, 6.45) is 0.272. The predicted octanol–water partition coefficient (Wildman–Crippen LogP) is 3.93. The van der Waals surface area contributed by atoms with Gasteiger partial charge in [0.05, 0.1) is 29.2 Å². The van der Waals surface area contributed by atoms with E-state index in [9.17, 15) is 28.5 Å². The van der Waals surface area contributed by atoms with E-state index in [4.69, 9.17) is 19.9 Å². The number of nitrogens with two attached hydrogens (primary N) is 1. The number of nitrogens with one attached hydrogen (secondary N) is 1. The monoisotopic (exact) mass is 539 g/mol. The Hall–Kier alpha value is -3.54. The second-order valence-electron chi connectivity index (χ2n) is 10.3. The summed E-state index contributed by atoms with van der Waals surface area (Å²) < 4.78 is 44.6. The van der Waals surface area contributed by atoms with Gasteiger partial charge < -0.3 is 25.3 Å². The average Bonchev–Trinajstić information content (AvgIpc) is 2.80. The van der Waals surface area contributed by atoms with Gasteiger partial charge in [0.25, 0.3) is 5.70 Å². The highest BCUT2D eigenvalue weighted by Crippen LogP contribution is 2.43. The fourth-order valence-corrected chi connectivity index (χ4v) is 4.23. The third kappa shape index (κ3) is 7.06. The summed E-state index contributed by atoms with van der Waals surface area (Å²) in [6, 6.07) is 1.92. The highest BCUT2D eigenvalue weighted by molar-refractivity contribution is 5.93. The summed E-state index contributed by atoms with van der Waals surface area (Å²) >= 11 is 0. The van der Waals surface area contributed by atoms with E-state index in [1.54, 1.807) is 20.8 Å². The normalized spacial score (nSPS) is 17.5. The maximum Gasteiger partial charge on any atom is 0.337 e. The summed E-state index contributed by atoms with van der Waals surface area (Å²) in [7, 11) is 1.09. The largest absolute Gasteiger partial charge is 0.493 e. The zero-order valence-electron chi connectivity index (χ0n) is 22.6. The smallest absolute Gasteiger partial charge is 0.337 e. The molecule has 0 aliphatic carbocycles. The van der Waals surface area contributed by atoms with Crippen molar-refractivity contribution in [3.8, 4) is 5.75 Å². The lowest BCUT2D eigenvalue weighted by molar-refractivity contribution is -0.431. The van der Waals surface area contributed by atoms with Gasteiger partial charge in [-0.05, 0) is 59.6 Å². The lowest BCUT2D eigenvalue weighted by Crippen LogP contribution is -2.35. The summed E-state index contributed by atoms with van der Waals surface area (Å²) in [5, 5.41) is 14.9. The van der Waals surface area contributed by atoms with Crippen LogP contribution in [0.5, 0.6) is 5.75 Å². The van der Waals surface area contributed by atoms with Crippen LogP contribution in [0, 0.1) is 33.6 Å². The van der Waals surface area contributed by atoms with Crippen LogP contribution >= 0.6 is 0 Å². The van der Waals surface area contributed by atoms with Crippen LogP contribution in [0.3, 0.4) is 0 Å². The number of halogens is 2. The Morgan fingerprint density at radius 1 is 1.21 bits per heavy atom. The molecule has 3 N–H and O–H groups in total. The molecule has 1 aliphatic heterocycles. The topological polar surface area (TPSA) is 143 Å². The zero-order valence-corrected chi connectivity index (χ0v) is 22.6. The lowest BCUT2D eigenvalue weighted by atomic mass is 9.83. The van der Waals surface area contributed by atoms with E-state index in [2.05, 4.69) is 5.32 Å². The molecular weight excluding hydrogens is 504 g/mol.